The number of nitrogens with two attached hydrogens (primary N) is 1. The lowest BCUT2D eigenvalue weighted by Gasteiger charge is -2.29. The minimum absolute atomic E-state index is 0.0350. The number of amides is 1. The number of rotatable bonds is 1. The van der Waals surface area contributed by atoms with Crippen LogP contribution in [0.2, 0.25) is 0 Å². The summed E-state index contributed by atoms with van der Waals surface area (Å²) < 4.78 is 37.3. The summed E-state index contributed by atoms with van der Waals surface area (Å²) in [5.74, 6) is -0.405. The summed E-state index contributed by atoms with van der Waals surface area (Å²) in [5, 5.41) is 0. The summed E-state index contributed by atoms with van der Waals surface area (Å²) >= 11 is 0. The van der Waals surface area contributed by atoms with Crippen LogP contribution in [0.3, 0.4) is 0 Å². The summed E-state index contributed by atoms with van der Waals surface area (Å²) in [6.45, 7) is 0.164. The van der Waals surface area contributed by atoms with E-state index in [-0.39, 0.29) is 37.4 Å². The van der Waals surface area contributed by atoms with Crippen molar-refractivity contribution in [1.29, 1.82) is 0 Å². The molecular formula is C12H15F3N2O. The van der Waals surface area contributed by atoms with E-state index < -0.39 is 11.7 Å². The van der Waals surface area contributed by atoms with Gasteiger partial charge in [0.25, 0.3) is 0 Å². The molecule has 0 radical (unpaired) electrons. The molecule has 1 heterocycles. The molecule has 6 heteroatoms. The Morgan fingerprint density at radius 3 is 2.56 bits per heavy atom. The van der Waals surface area contributed by atoms with Gasteiger partial charge in [0.2, 0.25) is 5.91 Å². The third-order valence-corrected chi connectivity index (χ3v) is 3.32. The molecule has 0 aromatic rings. The lowest BCUT2D eigenvalue weighted by atomic mass is 10.0. The van der Waals surface area contributed by atoms with Crippen molar-refractivity contribution in [3.63, 3.8) is 0 Å². The molecule has 3 nitrogen and oxygen atoms in total. The Kier molecular flexibility index (Phi) is 3.47. The fraction of sp³-hybridized carbons (Fsp3) is 0.583. The van der Waals surface area contributed by atoms with E-state index in [1.165, 1.54) is 4.90 Å². The van der Waals surface area contributed by atoms with E-state index in [0.29, 0.717) is 6.42 Å². The van der Waals surface area contributed by atoms with Crippen molar-refractivity contribution in [2.24, 2.45) is 11.7 Å². The van der Waals surface area contributed by atoms with Crippen molar-refractivity contribution in [1.82, 2.24) is 4.90 Å². The molecule has 18 heavy (non-hydrogen) atoms. The standard InChI is InChI=1S/C12H15F3N2O/c13-12(14,15)9-3-5-17(6-4-9)11(18)8-1-2-10(16)7-8/h1-3,8,10H,4-7,16H2. The highest BCUT2D eigenvalue weighted by molar-refractivity contribution is 5.81. The van der Waals surface area contributed by atoms with Crippen LogP contribution < -0.4 is 5.73 Å². The average molecular weight is 260 g/mol. The Bertz CT molecular complexity index is 401. The van der Waals surface area contributed by atoms with Crippen LogP contribution in [0.5, 0.6) is 0 Å². The predicted octanol–water partition coefficient (Wildman–Crippen LogP) is 1.61. The molecule has 0 saturated carbocycles. The first-order chi connectivity index (χ1) is 8.38. The van der Waals surface area contributed by atoms with Crippen LogP contribution in [-0.4, -0.2) is 36.1 Å². The summed E-state index contributed by atoms with van der Waals surface area (Å²) in [4.78, 5) is 13.5. The van der Waals surface area contributed by atoms with Gasteiger partial charge in [-0.1, -0.05) is 18.2 Å². The van der Waals surface area contributed by atoms with Gasteiger partial charge in [-0.05, 0) is 12.8 Å². The van der Waals surface area contributed by atoms with Crippen LogP contribution in [0.15, 0.2) is 23.8 Å². The molecule has 0 saturated heterocycles. The number of alkyl halides is 3. The minimum atomic E-state index is -4.27. The number of halogens is 3. The molecule has 1 aliphatic carbocycles. The van der Waals surface area contributed by atoms with Crippen LogP contribution in [0.4, 0.5) is 13.2 Å². The molecule has 0 aromatic heterocycles. The van der Waals surface area contributed by atoms with E-state index in [0.717, 1.165) is 6.08 Å². The van der Waals surface area contributed by atoms with Gasteiger partial charge in [-0.3, -0.25) is 4.79 Å². The van der Waals surface area contributed by atoms with Crippen molar-refractivity contribution in [3.05, 3.63) is 23.8 Å². The van der Waals surface area contributed by atoms with E-state index in [4.69, 9.17) is 5.73 Å². The predicted molar refractivity (Wildman–Crippen MR) is 60.6 cm³/mol. The Balaban J connectivity index is 1.96. The Morgan fingerprint density at radius 1 is 1.39 bits per heavy atom. The molecule has 1 amide bonds. The Labute approximate surface area is 103 Å². The van der Waals surface area contributed by atoms with Crippen molar-refractivity contribution in [3.8, 4) is 0 Å². The lowest BCUT2D eigenvalue weighted by Crippen LogP contribution is -2.40. The number of hydrogen-bond acceptors (Lipinski definition) is 2. The summed E-state index contributed by atoms with van der Waals surface area (Å²) in [6.07, 6.45) is 0.757. The maximum absolute atomic E-state index is 12.4. The van der Waals surface area contributed by atoms with Crippen LogP contribution >= 0.6 is 0 Å². The normalized spacial score (nSPS) is 28.4. The van der Waals surface area contributed by atoms with Gasteiger partial charge >= 0.3 is 6.18 Å². The van der Waals surface area contributed by atoms with Crippen LogP contribution in [-0.2, 0) is 4.79 Å². The molecule has 2 unspecified atom stereocenters. The Morgan fingerprint density at radius 2 is 2.11 bits per heavy atom. The molecule has 100 valence electrons. The monoisotopic (exact) mass is 260 g/mol. The first-order valence-electron chi connectivity index (χ1n) is 5.87. The number of nitrogens with zero attached hydrogens (tertiary/aromatic N) is 1. The maximum Gasteiger partial charge on any atom is 0.412 e. The van der Waals surface area contributed by atoms with Gasteiger partial charge in [-0.15, -0.1) is 0 Å². The third-order valence-electron chi connectivity index (χ3n) is 3.32. The van der Waals surface area contributed by atoms with Crippen molar-refractivity contribution in [2.75, 3.05) is 13.1 Å². The summed E-state index contributed by atoms with van der Waals surface area (Å²) in [6, 6.07) is -0.120. The number of carbonyl (C=O) groups excluding carboxylic acids is 1. The molecule has 0 bridgehead atoms. The smallest absolute Gasteiger partial charge is 0.338 e. The second kappa shape index (κ2) is 4.76. The zero-order valence-electron chi connectivity index (χ0n) is 9.78. The molecule has 1 aliphatic heterocycles. The second-order valence-electron chi connectivity index (χ2n) is 4.65. The summed E-state index contributed by atoms with van der Waals surface area (Å²) in [5.41, 5.74) is 5.12. The van der Waals surface area contributed by atoms with Gasteiger partial charge < -0.3 is 10.6 Å². The maximum atomic E-state index is 12.4. The molecular weight excluding hydrogens is 245 g/mol. The van der Waals surface area contributed by atoms with Crippen molar-refractivity contribution < 1.29 is 18.0 Å². The highest BCUT2D eigenvalue weighted by Crippen LogP contribution is 2.31. The van der Waals surface area contributed by atoms with Gasteiger partial charge in [0.05, 0.1) is 5.92 Å². The Hall–Kier alpha value is -1.30. The molecule has 2 atom stereocenters. The van der Waals surface area contributed by atoms with Crippen LogP contribution in [0.1, 0.15) is 12.8 Å². The molecule has 2 aliphatic rings. The van der Waals surface area contributed by atoms with Gasteiger partial charge in [0, 0.05) is 24.7 Å². The third kappa shape index (κ3) is 2.75. The van der Waals surface area contributed by atoms with Gasteiger partial charge in [0.1, 0.15) is 0 Å². The first kappa shape index (κ1) is 13.1. The largest absolute Gasteiger partial charge is 0.412 e. The van der Waals surface area contributed by atoms with Crippen molar-refractivity contribution >= 4 is 5.91 Å². The topological polar surface area (TPSA) is 46.3 Å². The molecule has 0 fully saturated rings. The fourth-order valence-electron chi connectivity index (χ4n) is 2.27. The van der Waals surface area contributed by atoms with E-state index in [2.05, 4.69) is 0 Å². The molecule has 2 rings (SSSR count). The SMILES string of the molecule is NC1C=CC(C(=O)N2CC=C(C(F)(F)F)CC2)C1. The highest BCUT2D eigenvalue weighted by atomic mass is 19.4. The quantitative estimate of drug-likeness (QED) is 0.728. The van der Waals surface area contributed by atoms with Crippen molar-refractivity contribution in [2.45, 2.75) is 25.1 Å². The minimum Gasteiger partial charge on any atom is -0.338 e. The van der Waals surface area contributed by atoms with Crippen LogP contribution in [0, 0.1) is 5.92 Å². The molecule has 0 spiro atoms. The van der Waals surface area contributed by atoms with E-state index in [1.807, 2.05) is 0 Å². The van der Waals surface area contributed by atoms with Gasteiger partial charge in [0.15, 0.2) is 0 Å². The van der Waals surface area contributed by atoms with Gasteiger partial charge in [-0.25, -0.2) is 0 Å². The fourth-order valence-corrected chi connectivity index (χ4v) is 2.27. The zero-order chi connectivity index (χ0) is 13.3. The van der Waals surface area contributed by atoms with Crippen LogP contribution in [0.25, 0.3) is 0 Å². The zero-order valence-corrected chi connectivity index (χ0v) is 9.78. The average Bonchev–Trinajstić information content (AvgIpc) is 2.74. The number of carbonyl (C=O) groups is 1. The second-order valence-corrected chi connectivity index (χ2v) is 4.65. The van der Waals surface area contributed by atoms with E-state index in [1.54, 1.807) is 12.2 Å². The summed E-state index contributed by atoms with van der Waals surface area (Å²) in [7, 11) is 0. The number of hydrogen-bond donors (Lipinski definition) is 1. The lowest BCUT2D eigenvalue weighted by molar-refractivity contribution is -0.134. The van der Waals surface area contributed by atoms with E-state index in [9.17, 15) is 18.0 Å². The molecule has 2 N–H and O–H groups in total. The molecule has 0 aromatic carbocycles. The highest BCUT2D eigenvalue weighted by Gasteiger charge is 2.36. The first-order valence-corrected chi connectivity index (χ1v) is 5.87. The van der Waals surface area contributed by atoms with E-state index >= 15 is 0 Å². The van der Waals surface area contributed by atoms with Gasteiger partial charge in [-0.2, -0.15) is 13.2 Å².